The Hall–Kier alpha value is -3.39. The molecule has 0 atom stereocenters. The number of carbonyl (C=O) groups is 2. The maximum atomic E-state index is 12.3. The number of amides is 1. The Labute approximate surface area is 165 Å². The van der Waals surface area contributed by atoms with E-state index in [1.165, 1.54) is 38.9 Å². The van der Waals surface area contributed by atoms with E-state index in [-0.39, 0.29) is 5.91 Å². The number of rotatable bonds is 6. The largest absolute Gasteiger partial charge is 0.494 e. The van der Waals surface area contributed by atoms with Crippen molar-refractivity contribution < 1.29 is 23.8 Å². The monoisotopic (exact) mass is 398 g/mol. The van der Waals surface area contributed by atoms with Gasteiger partial charge in [0.15, 0.2) is 10.6 Å². The molecule has 7 nitrogen and oxygen atoms in total. The number of aromatic nitrogens is 1. The number of thiophene rings is 1. The molecule has 3 rings (SSSR count). The summed E-state index contributed by atoms with van der Waals surface area (Å²) in [6.45, 7) is 0. The zero-order valence-electron chi connectivity index (χ0n) is 15.5. The zero-order chi connectivity index (χ0) is 20.1. The van der Waals surface area contributed by atoms with Crippen molar-refractivity contribution >= 4 is 28.9 Å². The molecule has 0 aliphatic heterocycles. The lowest BCUT2D eigenvalue weighted by atomic mass is 10.1. The average molecular weight is 398 g/mol. The highest BCUT2D eigenvalue weighted by molar-refractivity contribution is 7.12. The van der Waals surface area contributed by atoms with Crippen molar-refractivity contribution in [1.29, 1.82) is 0 Å². The number of pyridine rings is 1. The predicted octanol–water partition coefficient (Wildman–Crippen LogP) is 3.87. The topological polar surface area (TPSA) is 86.8 Å². The first-order valence-corrected chi connectivity index (χ1v) is 9.11. The normalized spacial score (nSPS) is 10.2. The van der Waals surface area contributed by atoms with Crippen molar-refractivity contribution in [2.24, 2.45) is 0 Å². The first-order valence-electron chi connectivity index (χ1n) is 8.23. The van der Waals surface area contributed by atoms with E-state index in [0.717, 1.165) is 11.1 Å². The van der Waals surface area contributed by atoms with E-state index in [4.69, 9.17) is 14.2 Å². The molecule has 2 aromatic heterocycles. The molecule has 1 aromatic carbocycles. The van der Waals surface area contributed by atoms with Gasteiger partial charge in [0.1, 0.15) is 0 Å². The molecular weight excluding hydrogens is 380 g/mol. The zero-order valence-corrected chi connectivity index (χ0v) is 16.3. The number of esters is 1. The minimum Gasteiger partial charge on any atom is -0.494 e. The van der Waals surface area contributed by atoms with Crippen LogP contribution in [0.15, 0.2) is 48.0 Å². The van der Waals surface area contributed by atoms with Gasteiger partial charge in [0.05, 0.1) is 26.9 Å². The molecule has 28 heavy (non-hydrogen) atoms. The summed E-state index contributed by atoms with van der Waals surface area (Å²) in [6, 6.07) is 10.5. The number of carbonyl (C=O) groups excluding carboxylic acids is 2. The molecular formula is C20H18N2O5S. The third-order valence-electron chi connectivity index (χ3n) is 3.98. The number of hydrogen-bond acceptors (Lipinski definition) is 7. The second-order valence-corrected chi connectivity index (χ2v) is 6.50. The van der Waals surface area contributed by atoms with Crippen LogP contribution in [0.25, 0.3) is 11.1 Å². The van der Waals surface area contributed by atoms with Crippen LogP contribution in [-0.2, 0) is 4.74 Å². The van der Waals surface area contributed by atoms with Crippen molar-refractivity contribution in [3.8, 4) is 22.8 Å². The second-order valence-electron chi connectivity index (χ2n) is 5.62. The SMILES string of the molecule is COC(=O)c1scc(-c2ccc(NC(=O)c3ccc(OC)nc3)cc2)c1OC. The first-order chi connectivity index (χ1) is 13.6. The number of ether oxygens (including phenoxy) is 3. The number of hydrogen-bond donors (Lipinski definition) is 1. The van der Waals surface area contributed by atoms with Crippen LogP contribution in [0.5, 0.6) is 11.6 Å². The average Bonchev–Trinajstić information content (AvgIpc) is 3.17. The van der Waals surface area contributed by atoms with Gasteiger partial charge in [0.2, 0.25) is 5.88 Å². The van der Waals surface area contributed by atoms with Gasteiger partial charge in [-0.2, -0.15) is 0 Å². The van der Waals surface area contributed by atoms with Crippen molar-refractivity contribution in [3.63, 3.8) is 0 Å². The first kappa shape index (κ1) is 19.4. The molecule has 2 heterocycles. The van der Waals surface area contributed by atoms with Crippen molar-refractivity contribution in [2.45, 2.75) is 0 Å². The summed E-state index contributed by atoms with van der Waals surface area (Å²) < 4.78 is 15.2. The maximum Gasteiger partial charge on any atom is 0.351 e. The van der Waals surface area contributed by atoms with E-state index in [0.29, 0.717) is 27.8 Å². The molecule has 0 spiro atoms. The smallest absolute Gasteiger partial charge is 0.351 e. The van der Waals surface area contributed by atoms with Gasteiger partial charge in [-0.3, -0.25) is 4.79 Å². The molecule has 0 saturated heterocycles. The fourth-order valence-electron chi connectivity index (χ4n) is 2.55. The summed E-state index contributed by atoms with van der Waals surface area (Å²) in [5, 5.41) is 4.65. The van der Waals surface area contributed by atoms with E-state index < -0.39 is 5.97 Å². The van der Waals surface area contributed by atoms with Crippen molar-refractivity contribution in [3.05, 3.63) is 58.4 Å². The second kappa shape index (κ2) is 8.53. The van der Waals surface area contributed by atoms with E-state index in [1.54, 1.807) is 24.3 Å². The Kier molecular flexibility index (Phi) is 5.90. The standard InChI is InChI=1S/C20H18N2O5S/c1-25-16-9-6-13(10-21-16)19(23)22-14-7-4-12(5-8-14)15-11-28-18(17(15)26-2)20(24)27-3/h4-11H,1-3H3,(H,22,23). The lowest BCUT2D eigenvalue weighted by molar-refractivity contribution is 0.0603. The molecule has 1 amide bonds. The van der Waals surface area contributed by atoms with Crippen LogP contribution in [0.2, 0.25) is 0 Å². The highest BCUT2D eigenvalue weighted by Gasteiger charge is 2.20. The van der Waals surface area contributed by atoms with E-state index >= 15 is 0 Å². The van der Waals surface area contributed by atoms with Crippen LogP contribution in [-0.4, -0.2) is 38.2 Å². The van der Waals surface area contributed by atoms with Gasteiger partial charge in [0, 0.05) is 28.9 Å². The van der Waals surface area contributed by atoms with Gasteiger partial charge in [-0.25, -0.2) is 9.78 Å². The summed E-state index contributed by atoms with van der Waals surface area (Å²) in [6.07, 6.45) is 1.45. The van der Waals surface area contributed by atoms with Gasteiger partial charge in [-0.1, -0.05) is 12.1 Å². The molecule has 1 N–H and O–H groups in total. The fraction of sp³-hybridized carbons (Fsp3) is 0.150. The molecule has 0 bridgehead atoms. The van der Waals surface area contributed by atoms with Gasteiger partial charge in [-0.05, 0) is 23.8 Å². The summed E-state index contributed by atoms with van der Waals surface area (Å²) in [4.78, 5) is 28.6. The van der Waals surface area contributed by atoms with Gasteiger partial charge in [-0.15, -0.1) is 11.3 Å². The molecule has 0 aliphatic carbocycles. The Balaban J connectivity index is 1.77. The van der Waals surface area contributed by atoms with Crippen LogP contribution >= 0.6 is 11.3 Å². The Morgan fingerprint density at radius 3 is 2.32 bits per heavy atom. The van der Waals surface area contributed by atoms with E-state index in [1.807, 2.05) is 17.5 Å². The van der Waals surface area contributed by atoms with Crippen LogP contribution in [0.3, 0.4) is 0 Å². The molecule has 0 aliphatic rings. The number of nitrogens with one attached hydrogen (secondary N) is 1. The van der Waals surface area contributed by atoms with Gasteiger partial charge in [0.25, 0.3) is 5.91 Å². The molecule has 0 fully saturated rings. The lowest BCUT2D eigenvalue weighted by Crippen LogP contribution is -2.12. The maximum absolute atomic E-state index is 12.3. The number of nitrogens with zero attached hydrogens (tertiary/aromatic N) is 1. The number of anilines is 1. The van der Waals surface area contributed by atoms with Crippen LogP contribution < -0.4 is 14.8 Å². The molecule has 144 valence electrons. The van der Waals surface area contributed by atoms with Crippen LogP contribution in [0, 0.1) is 0 Å². The number of methoxy groups -OCH3 is 3. The van der Waals surface area contributed by atoms with Crippen LogP contribution in [0.4, 0.5) is 5.69 Å². The minimum atomic E-state index is -0.440. The highest BCUT2D eigenvalue weighted by atomic mass is 32.1. The minimum absolute atomic E-state index is 0.274. The summed E-state index contributed by atoms with van der Waals surface area (Å²) >= 11 is 1.26. The third-order valence-corrected chi connectivity index (χ3v) is 4.92. The summed E-state index contributed by atoms with van der Waals surface area (Å²) in [7, 11) is 4.35. The van der Waals surface area contributed by atoms with Gasteiger partial charge >= 0.3 is 5.97 Å². The predicted molar refractivity (Wildman–Crippen MR) is 106 cm³/mol. The Morgan fingerprint density at radius 2 is 1.75 bits per heavy atom. The third kappa shape index (κ3) is 3.96. The van der Waals surface area contributed by atoms with E-state index in [9.17, 15) is 9.59 Å². The summed E-state index contributed by atoms with van der Waals surface area (Å²) in [5.41, 5.74) is 2.69. The van der Waals surface area contributed by atoms with E-state index in [2.05, 4.69) is 10.3 Å². The fourth-order valence-corrected chi connectivity index (χ4v) is 3.51. The Morgan fingerprint density at radius 1 is 1.00 bits per heavy atom. The number of benzene rings is 1. The Bertz CT molecular complexity index is 981. The quantitative estimate of drug-likeness (QED) is 0.635. The molecule has 3 aromatic rings. The molecule has 0 radical (unpaired) electrons. The molecule has 8 heteroatoms. The molecule has 0 saturated carbocycles. The van der Waals surface area contributed by atoms with Crippen LogP contribution in [0.1, 0.15) is 20.0 Å². The molecule has 0 unspecified atom stereocenters. The van der Waals surface area contributed by atoms with Gasteiger partial charge < -0.3 is 19.5 Å². The summed E-state index contributed by atoms with van der Waals surface area (Å²) in [5.74, 6) is 0.198. The van der Waals surface area contributed by atoms with Crippen molar-refractivity contribution in [2.75, 3.05) is 26.6 Å². The lowest BCUT2D eigenvalue weighted by Gasteiger charge is -2.08. The van der Waals surface area contributed by atoms with Crippen molar-refractivity contribution in [1.82, 2.24) is 4.98 Å². The highest BCUT2D eigenvalue weighted by Crippen LogP contribution is 2.39.